The van der Waals surface area contributed by atoms with Crippen LogP contribution in [-0.4, -0.2) is 49.1 Å². The van der Waals surface area contributed by atoms with Crippen LogP contribution in [0, 0.1) is 0 Å². The monoisotopic (exact) mass is 368 g/mol. The molecule has 1 aromatic carbocycles. The van der Waals surface area contributed by atoms with Gasteiger partial charge in [-0.15, -0.1) is 0 Å². The van der Waals surface area contributed by atoms with Gasteiger partial charge in [-0.2, -0.15) is 0 Å². The number of hydrogen-bond acceptors (Lipinski definition) is 5. The van der Waals surface area contributed by atoms with E-state index in [1.807, 2.05) is 0 Å². The maximum Gasteiger partial charge on any atom is 0.227 e. The molecule has 2 aliphatic heterocycles. The van der Waals surface area contributed by atoms with Gasteiger partial charge in [0.1, 0.15) is 12.0 Å². The van der Waals surface area contributed by atoms with Crippen molar-refractivity contribution in [3.63, 3.8) is 0 Å². The lowest BCUT2D eigenvalue weighted by Crippen LogP contribution is -2.50. The number of benzene rings is 1. The second-order valence-corrected chi connectivity index (χ2v) is 7.97. The van der Waals surface area contributed by atoms with E-state index in [1.165, 1.54) is 25.4 Å². The molecule has 1 spiro atoms. The van der Waals surface area contributed by atoms with Crippen LogP contribution < -0.4 is 10.2 Å². The van der Waals surface area contributed by atoms with Crippen molar-refractivity contribution in [3.8, 4) is 5.75 Å². The molecule has 5 nitrogen and oxygen atoms in total. The molecule has 27 heavy (non-hydrogen) atoms. The predicted octanol–water partition coefficient (Wildman–Crippen LogP) is 3.10. The van der Waals surface area contributed by atoms with Crippen LogP contribution in [0.2, 0.25) is 0 Å². The lowest BCUT2D eigenvalue weighted by molar-refractivity contribution is 0.0638. The first-order chi connectivity index (χ1) is 13.1. The van der Waals surface area contributed by atoms with E-state index in [1.54, 1.807) is 6.07 Å². The van der Waals surface area contributed by atoms with Crippen molar-refractivity contribution in [2.45, 2.75) is 37.3 Å². The summed E-state index contributed by atoms with van der Waals surface area (Å²) >= 11 is 0. The van der Waals surface area contributed by atoms with Crippen LogP contribution in [0.5, 0.6) is 5.75 Å². The average molecular weight is 368 g/mol. The summed E-state index contributed by atoms with van der Waals surface area (Å²) in [5.74, 6) is 1.59. The van der Waals surface area contributed by atoms with Crippen LogP contribution in [0.1, 0.15) is 36.5 Å². The van der Waals surface area contributed by atoms with Gasteiger partial charge in [-0.05, 0) is 37.8 Å². The minimum Gasteiger partial charge on any atom is -0.490 e. The minimum atomic E-state index is -0.117. The Morgan fingerprint density at radius 2 is 1.96 bits per heavy atom. The third-order valence-corrected chi connectivity index (χ3v) is 6.44. The van der Waals surface area contributed by atoms with Crippen molar-refractivity contribution >= 4 is 0 Å². The SMILES string of the molecule is COc1coc(CN2CCC3(CC2)C[C@H](c2ccccc2)CN3C)cc1=O. The highest BCUT2D eigenvalue weighted by atomic mass is 16.5. The van der Waals surface area contributed by atoms with Gasteiger partial charge >= 0.3 is 0 Å². The number of likely N-dealkylation sites (N-methyl/N-ethyl adjacent to an activating group) is 1. The number of ether oxygens (including phenoxy) is 1. The van der Waals surface area contributed by atoms with Crippen molar-refractivity contribution in [3.05, 3.63) is 64.2 Å². The molecule has 2 aliphatic rings. The Hall–Kier alpha value is -2.11. The van der Waals surface area contributed by atoms with E-state index >= 15 is 0 Å². The van der Waals surface area contributed by atoms with Crippen molar-refractivity contribution < 1.29 is 9.15 Å². The molecule has 4 rings (SSSR count). The number of rotatable bonds is 4. The number of methoxy groups -OCH3 is 1. The Kier molecular flexibility index (Phi) is 5.06. The van der Waals surface area contributed by atoms with Gasteiger partial charge < -0.3 is 9.15 Å². The second kappa shape index (κ2) is 7.49. The molecular weight excluding hydrogens is 340 g/mol. The second-order valence-electron chi connectivity index (χ2n) is 7.97. The van der Waals surface area contributed by atoms with Gasteiger partial charge in [0.05, 0.1) is 13.7 Å². The molecule has 2 fully saturated rings. The maximum absolute atomic E-state index is 11.9. The lowest BCUT2D eigenvalue weighted by Gasteiger charge is -2.43. The van der Waals surface area contributed by atoms with Gasteiger partial charge in [-0.3, -0.25) is 14.6 Å². The number of likely N-dealkylation sites (tertiary alicyclic amines) is 2. The molecule has 0 aliphatic carbocycles. The molecule has 1 atom stereocenters. The zero-order chi connectivity index (χ0) is 18.9. The molecule has 0 unspecified atom stereocenters. The van der Waals surface area contributed by atoms with Gasteiger partial charge in [-0.25, -0.2) is 0 Å². The van der Waals surface area contributed by atoms with E-state index in [0.29, 0.717) is 23.8 Å². The quantitative estimate of drug-likeness (QED) is 0.830. The Balaban J connectivity index is 1.38. The highest BCUT2D eigenvalue weighted by Crippen LogP contribution is 2.44. The highest BCUT2D eigenvalue weighted by Gasteiger charge is 2.45. The fraction of sp³-hybridized carbons (Fsp3) is 0.500. The van der Waals surface area contributed by atoms with Crippen LogP contribution in [0.15, 0.2) is 51.9 Å². The Bertz CT molecular complexity index is 825. The first-order valence-electron chi connectivity index (χ1n) is 9.74. The van der Waals surface area contributed by atoms with Gasteiger partial charge in [0, 0.05) is 31.2 Å². The van der Waals surface area contributed by atoms with Gasteiger partial charge in [-0.1, -0.05) is 30.3 Å². The third-order valence-electron chi connectivity index (χ3n) is 6.44. The lowest BCUT2D eigenvalue weighted by atomic mass is 9.81. The van der Waals surface area contributed by atoms with E-state index in [2.05, 4.69) is 47.2 Å². The average Bonchev–Trinajstić information content (AvgIpc) is 3.01. The molecule has 3 heterocycles. The molecule has 5 heteroatoms. The van der Waals surface area contributed by atoms with Gasteiger partial charge in [0.25, 0.3) is 0 Å². The summed E-state index contributed by atoms with van der Waals surface area (Å²) in [7, 11) is 3.76. The fourth-order valence-corrected chi connectivity index (χ4v) is 4.76. The van der Waals surface area contributed by atoms with E-state index in [0.717, 1.165) is 32.5 Å². The first kappa shape index (κ1) is 18.3. The molecule has 144 valence electrons. The molecule has 1 aromatic heterocycles. The van der Waals surface area contributed by atoms with Crippen molar-refractivity contribution in [2.75, 3.05) is 33.8 Å². The topological polar surface area (TPSA) is 45.9 Å². The summed E-state index contributed by atoms with van der Waals surface area (Å²) in [6, 6.07) is 12.5. The van der Waals surface area contributed by atoms with Crippen molar-refractivity contribution in [1.29, 1.82) is 0 Å². The third kappa shape index (κ3) is 3.66. The van der Waals surface area contributed by atoms with Crippen LogP contribution >= 0.6 is 0 Å². The fourth-order valence-electron chi connectivity index (χ4n) is 4.76. The van der Waals surface area contributed by atoms with Gasteiger partial charge in [0.15, 0.2) is 0 Å². The Labute approximate surface area is 160 Å². The summed E-state index contributed by atoms with van der Waals surface area (Å²) in [6.45, 7) is 3.88. The van der Waals surface area contributed by atoms with Crippen molar-refractivity contribution in [2.24, 2.45) is 0 Å². The molecule has 0 radical (unpaired) electrons. The van der Waals surface area contributed by atoms with Gasteiger partial charge in [0.2, 0.25) is 11.2 Å². The van der Waals surface area contributed by atoms with Crippen LogP contribution in [-0.2, 0) is 6.54 Å². The van der Waals surface area contributed by atoms with Crippen LogP contribution in [0.4, 0.5) is 0 Å². The van der Waals surface area contributed by atoms with E-state index in [4.69, 9.17) is 9.15 Å². The molecule has 0 N–H and O–H groups in total. The molecular formula is C22H28N2O3. The molecule has 2 aromatic rings. The summed E-state index contributed by atoms with van der Waals surface area (Å²) in [5.41, 5.74) is 1.65. The normalized spacial score (nSPS) is 23.0. The smallest absolute Gasteiger partial charge is 0.227 e. The molecule has 0 saturated carbocycles. The predicted molar refractivity (Wildman–Crippen MR) is 105 cm³/mol. The molecule has 0 bridgehead atoms. The highest BCUT2D eigenvalue weighted by molar-refractivity contribution is 5.23. The summed E-state index contributed by atoms with van der Waals surface area (Å²) in [5, 5.41) is 0. The molecule has 0 amide bonds. The number of piperidine rings is 1. The maximum atomic E-state index is 11.9. The summed E-state index contributed by atoms with van der Waals surface area (Å²) in [4.78, 5) is 16.9. The number of nitrogens with zero attached hydrogens (tertiary/aromatic N) is 2. The van der Waals surface area contributed by atoms with Crippen LogP contribution in [0.25, 0.3) is 0 Å². The molecule has 2 saturated heterocycles. The zero-order valence-electron chi connectivity index (χ0n) is 16.2. The first-order valence-corrected chi connectivity index (χ1v) is 9.74. The Morgan fingerprint density at radius 3 is 2.63 bits per heavy atom. The summed E-state index contributed by atoms with van der Waals surface area (Å²) < 4.78 is 10.6. The van der Waals surface area contributed by atoms with E-state index in [-0.39, 0.29) is 11.2 Å². The Morgan fingerprint density at radius 1 is 1.22 bits per heavy atom. The summed E-state index contributed by atoms with van der Waals surface area (Å²) in [6.07, 6.45) is 4.97. The number of hydrogen-bond donors (Lipinski definition) is 0. The van der Waals surface area contributed by atoms with E-state index < -0.39 is 0 Å². The van der Waals surface area contributed by atoms with Crippen molar-refractivity contribution in [1.82, 2.24) is 9.80 Å². The zero-order valence-corrected chi connectivity index (χ0v) is 16.2. The largest absolute Gasteiger partial charge is 0.490 e. The minimum absolute atomic E-state index is 0.117. The van der Waals surface area contributed by atoms with E-state index in [9.17, 15) is 4.79 Å². The standard InChI is InChI=1S/C22H28N2O3/c1-23-14-18(17-6-4-3-5-7-17)13-22(23)8-10-24(11-9-22)15-19-12-20(25)21(26-2)16-27-19/h3-7,12,16,18H,8-11,13-15H2,1-2H3/t18-/m0/s1. The van der Waals surface area contributed by atoms with Crippen LogP contribution in [0.3, 0.4) is 0 Å².